The Labute approximate surface area is 113 Å². The molecule has 0 aliphatic heterocycles. The molecular formula is C13H23NO3S. The Morgan fingerprint density at radius 2 is 1.83 bits per heavy atom. The molecule has 0 radical (unpaired) electrons. The lowest BCUT2D eigenvalue weighted by molar-refractivity contribution is -0.139. The highest BCUT2D eigenvalue weighted by Crippen LogP contribution is 2.33. The molecule has 1 aliphatic rings. The Morgan fingerprint density at radius 3 is 2.28 bits per heavy atom. The molecule has 4 nitrogen and oxygen atoms in total. The van der Waals surface area contributed by atoms with Crippen molar-refractivity contribution in [2.24, 2.45) is 0 Å². The number of thioether (sulfide) groups is 1. The molecule has 0 unspecified atom stereocenters. The second-order valence-electron chi connectivity index (χ2n) is 6.01. The minimum atomic E-state index is -0.833. The van der Waals surface area contributed by atoms with Gasteiger partial charge in [0.15, 0.2) is 0 Å². The molecule has 1 rings (SSSR count). The van der Waals surface area contributed by atoms with Crippen LogP contribution in [0.15, 0.2) is 0 Å². The van der Waals surface area contributed by atoms with Gasteiger partial charge in [0.1, 0.15) is 0 Å². The molecule has 18 heavy (non-hydrogen) atoms. The number of carboxylic acid groups (broad SMARTS) is 1. The average molecular weight is 273 g/mol. The van der Waals surface area contributed by atoms with Crippen molar-refractivity contribution in [2.75, 3.05) is 5.75 Å². The summed E-state index contributed by atoms with van der Waals surface area (Å²) in [5, 5.41) is 11.9. The van der Waals surface area contributed by atoms with Gasteiger partial charge in [0.2, 0.25) is 5.91 Å². The number of carbonyl (C=O) groups excluding carboxylic acids is 1. The van der Waals surface area contributed by atoms with E-state index in [9.17, 15) is 9.59 Å². The van der Waals surface area contributed by atoms with Crippen LogP contribution in [0.5, 0.6) is 0 Å². The fourth-order valence-corrected chi connectivity index (χ4v) is 2.94. The summed E-state index contributed by atoms with van der Waals surface area (Å²) in [5.41, 5.74) is -0.499. The summed E-state index contributed by atoms with van der Waals surface area (Å²) in [6.45, 7) is 6.19. The highest BCUT2D eigenvalue weighted by molar-refractivity contribution is 8.01. The molecule has 1 fully saturated rings. The van der Waals surface area contributed by atoms with Gasteiger partial charge in [0.25, 0.3) is 0 Å². The fraction of sp³-hybridized carbons (Fsp3) is 0.846. The van der Waals surface area contributed by atoms with Crippen LogP contribution in [0.3, 0.4) is 0 Å². The summed E-state index contributed by atoms with van der Waals surface area (Å²) < 4.78 is 0.0486. The first-order valence-electron chi connectivity index (χ1n) is 6.39. The fourth-order valence-electron chi connectivity index (χ4n) is 2.30. The van der Waals surface area contributed by atoms with E-state index in [1.54, 1.807) is 11.8 Å². The van der Waals surface area contributed by atoms with E-state index in [1.165, 1.54) is 0 Å². The predicted octanol–water partition coefficient (Wildman–Crippen LogP) is 2.42. The Balaban J connectivity index is 2.51. The molecule has 104 valence electrons. The number of carbonyl (C=O) groups is 2. The monoisotopic (exact) mass is 273 g/mol. The molecule has 0 saturated heterocycles. The van der Waals surface area contributed by atoms with Crippen molar-refractivity contribution < 1.29 is 14.7 Å². The van der Waals surface area contributed by atoms with Crippen molar-refractivity contribution in [1.82, 2.24) is 5.32 Å². The zero-order valence-electron chi connectivity index (χ0n) is 11.4. The maximum absolute atomic E-state index is 11.9. The van der Waals surface area contributed by atoms with Crippen molar-refractivity contribution >= 4 is 23.6 Å². The summed E-state index contributed by atoms with van der Waals surface area (Å²) in [5.74, 6) is -0.482. The van der Waals surface area contributed by atoms with Crippen molar-refractivity contribution in [3.8, 4) is 0 Å². The third-order valence-corrected chi connectivity index (χ3v) is 4.36. The van der Waals surface area contributed by atoms with Gasteiger partial charge in [-0.1, -0.05) is 33.6 Å². The zero-order valence-corrected chi connectivity index (χ0v) is 12.2. The minimum absolute atomic E-state index is 0.0406. The third kappa shape index (κ3) is 5.29. The summed E-state index contributed by atoms with van der Waals surface area (Å²) >= 11 is 1.58. The van der Waals surface area contributed by atoms with Gasteiger partial charge in [-0.3, -0.25) is 9.59 Å². The molecule has 0 atom stereocenters. The van der Waals surface area contributed by atoms with E-state index in [2.05, 4.69) is 26.1 Å². The van der Waals surface area contributed by atoms with E-state index in [-0.39, 0.29) is 17.1 Å². The molecule has 5 heteroatoms. The van der Waals surface area contributed by atoms with Gasteiger partial charge in [-0.25, -0.2) is 0 Å². The van der Waals surface area contributed by atoms with Gasteiger partial charge < -0.3 is 10.4 Å². The summed E-state index contributed by atoms with van der Waals surface area (Å²) in [6, 6.07) is 0. The number of rotatable bonds is 5. The molecule has 0 aromatic carbocycles. The molecular weight excluding hydrogens is 250 g/mol. The van der Waals surface area contributed by atoms with Crippen molar-refractivity contribution in [3.63, 3.8) is 0 Å². The lowest BCUT2D eigenvalue weighted by Gasteiger charge is -2.29. The molecule has 0 heterocycles. The highest BCUT2D eigenvalue weighted by atomic mass is 32.2. The van der Waals surface area contributed by atoms with Gasteiger partial charge in [-0.05, 0) is 12.8 Å². The zero-order chi connectivity index (χ0) is 13.8. The van der Waals surface area contributed by atoms with Gasteiger partial charge >= 0.3 is 5.97 Å². The third-order valence-electron chi connectivity index (χ3n) is 3.09. The molecule has 1 aliphatic carbocycles. The largest absolute Gasteiger partial charge is 0.481 e. The van der Waals surface area contributed by atoms with E-state index in [0.717, 1.165) is 25.7 Å². The minimum Gasteiger partial charge on any atom is -0.481 e. The van der Waals surface area contributed by atoms with Gasteiger partial charge in [-0.2, -0.15) is 0 Å². The van der Waals surface area contributed by atoms with E-state index in [0.29, 0.717) is 5.75 Å². The number of hydrogen-bond acceptors (Lipinski definition) is 3. The second kappa shape index (κ2) is 5.95. The van der Waals surface area contributed by atoms with Crippen LogP contribution < -0.4 is 5.32 Å². The van der Waals surface area contributed by atoms with Crippen molar-refractivity contribution in [2.45, 2.75) is 63.2 Å². The van der Waals surface area contributed by atoms with Crippen LogP contribution in [0.4, 0.5) is 0 Å². The molecule has 2 N–H and O–H groups in total. The molecule has 0 spiro atoms. The number of carboxylic acids is 1. The van der Waals surface area contributed by atoms with Gasteiger partial charge in [0, 0.05) is 4.75 Å². The quantitative estimate of drug-likeness (QED) is 0.807. The van der Waals surface area contributed by atoms with Crippen LogP contribution in [0.25, 0.3) is 0 Å². The lowest BCUT2D eigenvalue weighted by Crippen LogP contribution is -2.48. The molecule has 0 bridgehead atoms. The SMILES string of the molecule is CC(C)(C)SCC(=O)NC1(CC(=O)O)CCCC1. The molecule has 1 saturated carbocycles. The Hall–Kier alpha value is -0.710. The number of aliphatic carboxylic acids is 1. The van der Waals surface area contributed by atoms with Crippen LogP contribution in [-0.2, 0) is 9.59 Å². The van der Waals surface area contributed by atoms with Crippen molar-refractivity contribution in [3.05, 3.63) is 0 Å². The maximum Gasteiger partial charge on any atom is 0.305 e. The number of hydrogen-bond donors (Lipinski definition) is 2. The van der Waals surface area contributed by atoms with Crippen molar-refractivity contribution in [1.29, 1.82) is 0 Å². The molecule has 0 aromatic rings. The van der Waals surface area contributed by atoms with Crippen LogP contribution >= 0.6 is 11.8 Å². The Morgan fingerprint density at radius 1 is 1.28 bits per heavy atom. The first-order valence-corrected chi connectivity index (χ1v) is 7.38. The normalized spacial score (nSPS) is 18.6. The Bertz CT molecular complexity index is 317. The molecule has 0 aromatic heterocycles. The topological polar surface area (TPSA) is 66.4 Å². The van der Waals surface area contributed by atoms with Gasteiger partial charge in [-0.15, -0.1) is 11.8 Å². The highest BCUT2D eigenvalue weighted by Gasteiger charge is 2.37. The van der Waals surface area contributed by atoms with E-state index in [1.807, 2.05) is 0 Å². The van der Waals surface area contributed by atoms with Crippen LogP contribution in [0, 0.1) is 0 Å². The molecule has 1 amide bonds. The summed E-state index contributed by atoms with van der Waals surface area (Å²) in [7, 11) is 0. The van der Waals surface area contributed by atoms with Crippen LogP contribution in [-0.4, -0.2) is 33.0 Å². The predicted molar refractivity (Wildman–Crippen MR) is 73.8 cm³/mol. The number of nitrogens with one attached hydrogen (secondary N) is 1. The Kier molecular flexibility index (Phi) is 5.08. The first-order chi connectivity index (χ1) is 8.22. The lowest BCUT2D eigenvalue weighted by atomic mass is 9.93. The van der Waals surface area contributed by atoms with Crippen LogP contribution in [0.2, 0.25) is 0 Å². The average Bonchev–Trinajstić information content (AvgIpc) is 2.61. The standard InChI is InChI=1S/C13H23NO3S/c1-12(2,3)18-9-10(15)14-13(8-11(16)17)6-4-5-7-13/h4-9H2,1-3H3,(H,14,15)(H,16,17). The smallest absolute Gasteiger partial charge is 0.305 e. The first kappa shape index (κ1) is 15.3. The van der Waals surface area contributed by atoms with E-state index < -0.39 is 11.5 Å². The number of amides is 1. The second-order valence-corrected chi connectivity index (χ2v) is 7.81. The van der Waals surface area contributed by atoms with E-state index in [4.69, 9.17) is 5.11 Å². The van der Waals surface area contributed by atoms with Gasteiger partial charge in [0.05, 0.1) is 17.7 Å². The van der Waals surface area contributed by atoms with Crippen LogP contribution in [0.1, 0.15) is 52.9 Å². The summed E-state index contributed by atoms with van der Waals surface area (Å²) in [4.78, 5) is 22.8. The summed E-state index contributed by atoms with van der Waals surface area (Å²) in [6.07, 6.45) is 3.61. The maximum atomic E-state index is 11.9. The van der Waals surface area contributed by atoms with E-state index >= 15 is 0 Å².